The Morgan fingerprint density at radius 2 is 2.26 bits per heavy atom. The minimum absolute atomic E-state index is 0.0673. The Balaban J connectivity index is 2.05. The van der Waals surface area contributed by atoms with Gasteiger partial charge in [-0.2, -0.15) is 11.8 Å². The van der Waals surface area contributed by atoms with Gasteiger partial charge in [-0.3, -0.25) is 4.79 Å². The third kappa shape index (κ3) is 3.41. The molecule has 1 aliphatic rings. The lowest BCUT2D eigenvalue weighted by Crippen LogP contribution is -2.39. The van der Waals surface area contributed by atoms with Gasteiger partial charge < -0.3 is 10.4 Å². The molecule has 0 radical (unpaired) electrons. The van der Waals surface area contributed by atoms with Crippen LogP contribution in [0.25, 0.3) is 0 Å². The number of halogens is 1. The number of rotatable bonds is 3. The van der Waals surface area contributed by atoms with Gasteiger partial charge >= 0.3 is 0 Å². The van der Waals surface area contributed by atoms with Crippen molar-refractivity contribution in [1.29, 1.82) is 0 Å². The van der Waals surface area contributed by atoms with Crippen molar-refractivity contribution < 1.29 is 14.3 Å². The molecule has 1 aliphatic carbocycles. The Hall–Kier alpha value is -1.23. The lowest BCUT2D eigenvalue weighted by molar-refractivity contribution is 0.0921. The molecule has 0 aliphatic heterocycles. The molecule has 19 heavy (non-hydrogen) atoms. The topological polar surface area (TPSA) is 49.3 Å². The number of hydrogen-bond donors (Lipinski definition) is 2. The summed E-state index contributed by atoms with van der Waals surface area (Å²) in [6.07, 6.45) is 6.12. The number of carbonyl (C=O) groups excluding carboxylic acids is 1. The minimum atomic E-state index is -0.685. The maximum Gasteiger partial charge on any atom is 0.258 e. The first-order chi connectivity index (χ1) is 9.11. The van der Waals surface area contributed by atoms with Crippen molar-refractivity contribution in [3.63, 3.8) is 0 Å². The van der Waals surface area contributed by atoms with Gasteiger partial charge in [-0.05, 0) is 37.7 Å². The van der Waals surface area contributed by atoms with Crippen molar-refractivity contribution in [3.8, 4) is 5.75 Å². The minimum Gasteiger partial charge on any atom is -0.507 e. The van der Waals surface area contributed by atoms with Gasteiger partial charge in [0.15, 0.2) is 0 Å². The van der Waals surface area contributed by atoms with E-state index in [4.69, 9.17) is 0 Å². The molecule has 5 heteroatoms. The predicted molar refractivity (Wildman–Crippen MR) is 75.1 cm³/mol. The number of phenols is 1. The number of hydrogen-bond acceptors (Lipinski definition) is 3. The third-order valence-electron chi connectivity index (χ3n) is 3.51. The molecule has 0 heterocycles. The largest absolute Gasteiger partial charge is 0.507 e. The van der Waals surface area contributed by atoms with E-state index in [1.54, 1.807) is 11.8 Å². The summed E-state index contributed by atoms with van der Waals surface area (Å²) in [4.78, 5) is 12.0. The van der Waals surface area contributed by atoms with Gasteiger partial charge in [0, 0.05) is 11.3 Å². The number of benzene rings is 1. The highest BCUT2D eigenvalue weighted by molar-refractivity contribution is 7.99. The van der Waals surface area contributed by atoms with Gasteiger partial charge in [0.1, 0.15) is 17.1 Å². The van der Waals surface area contributed by atoms with Gasteiger partial charge in [-0.25, -0.2) is 4.39 Å². The molecule has 0 spiro atoms. The van der Waals surface area contributed by atoms with Crippen LogP contribution in [0.1, 0.15) is 36.0 Å². The highest BCUT2D eigenvalue weighted by Gasteiger charge is 2.25. The Bertz CT molecular complexity index is 447. The summed E-state index contributed by atoms with van der Waals surface area (Å²) in [5.74, 6) is -1.52. The Morgan fingerprint density at radius 1 is 1.47 bits per heavy atom. The van der Waals surface area contributed by atoms with Crippen LogP contribution in [0.4, 0.5) is 4.39 Å². The number of phenolic OH excluding ortho intramolecular Hbond substituents is 1. The van der Waals surface area contributed by atoms with Gasteiger partial charge in [0.05, 0.1) is 0 Å². The first-order valence-corrected chi connectivity index (χ1v) is 7.71. The fourth-order valence-corrected chi connectivity index (χ4v) is 3.31. The van der Waals surface area contributed by atoms with Gasteiger partial charge in [0.2, 0.25) is 0 Å². The summed E-state index contributed by atoms with van der Waals surface area (Å²) < 4.78 is 13.6. The standard InChI is InChI=1S/C14H18FNO2S/c1-19-10-5-2-4-9(8-10)16-14(18)13-11(15)6-3-7-12(13)17/h3,6-7,9-10,17H,2,4-5,8H2,1H3,(H,16,18). The molecule has 3 nitrogen and oxygen atoms in total. The second kappa shape index (κ2) is 6.28. The van der Waals surface area contributed by atoms with Crippen LogP contribution in [0.2, 0.25) is 0 Å². The van der Waals surface area contributed by atoms with E-state index in [1.807, 2.05) is 0 Å². The van der Waals surface area contributed by atoms with Crippen LogP contribution in [0.15, 0.2) is 18.2 Å². The zero-order chi connectivity index (χ0) is 13.8. The van der Waals surface area contributed by atoms with Gasteiger partial charge in [0.25, 0.3) is 5.91 Å². The molecule has 0 saturated heterocycles. The molecule has 1 amide bonds. The van der Waals surface area contributed by atoms with Crippen LogP contribution in [-0.4, -0.2) is 28.6 Å². The Labute approximate surface area is 116 Å². The normalized spacial score (nSPS) is 23.1. The van der Waals surface area contributed by atoms with Crippen LogP contribution < -0.4 is 5.32 Å². The Kier molecular flexibility index (Phi) is 4.69. The second-order valence-electron chi connectivity index (χ2n) is 4.83. The summed E-state index contributed by atoms with van der Waals surface area (Å²) >= 11 is 1.80. The highest BCUT2D eigenvalue weighted by atomic mass is 32.2. The van der Waals surface area contributed by atoms with Crippen LogP contribution in [0.3, 0.4) is 0 Å². The molecule has 0 bridgehead atoms. The molecule has 2 rings (SSSR count). The first kappa shape index (κ1) is 14.2. The first-order valence-electron chi connectivity index (χ1n) is 6.43. The molecule has 1 saturated carbocycles. The summed E-state index contributed by atoms with van der Waals surface area (Å²) in [5.41, 5.74) is -0.256. The lowest BCUT2D eigenvalue weighted by Gasteiger charge is -2.28. The van der Waals surface area contributed by atoms with Crippen LogP contribution in [0, 0.1) is 5.82 Å². The lowest BCUT2D eigenvalue weighted by atomic mass is 9.94. The number of thioether (sulfide) groups is 1. The zero-order valence-electron chi connectivity index (χ0n) is 10.9. The number of nitrogens with one attached hydrogen (secondary N) is 1. The highest BCUT2D eigenvalue weighted by Crippen LogP contribution is 2.27. The van der Waals surface area contributed by atoms with E-state index < -0.39 is 11.7 Å². The number of carbonyl (C=O) groups is 1. The van der Waals surface area contributed by atoms with E-state index >= 15 is 0 Å². The van der Waals surface area contributed by atoms with Crippen molar-refractivity contribution in [3.05, 3.63) is 29.6 Å². The molecule has 1 aromatic carbocycles. The molecule has 104 valence electrons. The molecule has 1 fully saturated rings. The molecular weight excluding hydrogens is 265 g/mol. The summed E-state index contributed by atoms with van der Waals surface area (Å²) in [5, 5.41) is 13.0. The molecule has 2 N–H and O–H groups in total. The number of amides is 1. The average Bonchev–Trinajstić information content (AvgIpc) is 2.38. The maximum absolute atomic E-state index is 13.6. The average molecular weight is 283 g/mol. The molecule has 2 atom stereocenters. The van der Waals surface area contributed by atoms with E-state index in [-0.39, 0.29) is 17.4 Å². The van der Waals surface area contributed by atoms with E-state index in [2.05, 4.69) is 11.6 Å². The summed E-state index contributed by atoms with van der Waals surface area (Å²) in [7, 11) is 0. The fourth-order valence-electron chi connectivity index (χ4n) is 2.49. The molecule has 0 aromatic heterocycles. The van der Waals surface area contributed by atoms with Crippen molar-refractivity contribution in [2.75, 3.05) is 6.26 Å². The second-order valence-corrected chi connectivity index (χ2v) is 5.97. The van der Waals surface area contributed by atoms with Crippen molar-refractivity contribution in [1.82, 2.24) is 5.32 Å². The van der Waals surface area contributed by atoms with Gasteiger partial charge in [-0.15, -0.1) is 0 Å². The van der Waals surface area contributed by atoms with E-state index in [0.29, 0.717) is 5.25 Å². The summed E-state index contributed by atoms with van der Waals surface area (Å²) in [6, 6.07) is 3.95. The molecular formula is C14H18FNO2S. The van der Waals surface area contributed by atoms with E-state index in [9.17, 15) is 14.3 Å². The molecule has 1 aromatic rings. The van der Waals surface area contributed by atoms with E-state index in [0.717, 1.165) is 19.3 Å². The fraction of sp³-hybridized carbons (Fsp3) is 0.500. The van der Waals surface area contributed by atoms with Crippen molar-refractivity contribution >= 4 is 17.7 Å². The maximum atomic E-state index is 13.6. The monoisotopic (exact) mass is 283 g/mol. The zero-order valence-corrected chi connectivity index (χ0v) is 11.7. The predicted octanol–water partition coefficient (Wildman–Crippen LogP) is 2.94. The van der Waals surface area contributed by atoms with Crippen LogP contribution >= 0.6 is 11.8 Å². The number of aromatic hydroxyl groups is 1. The smallest absolute Gasteiger partial charge is 0.258 e. The van der Waals surface area contributed by atoms with Crippen molar-refractivity contribution in [2.24, 2.45) is 0 Å². The van der Waals surface area contributed by atoms with Crippen LogP contribution in [-0.2, 0) is 0 Å². The van der Waals surface area contributed by atoms with E-state index in [1.165, 1.54) is 24.6 Å². The Morgan fingerprint density at radius 3 is 2.95 bits per heavy atom. The molecule has 2 unspecified atom stereocenters. The van der Waals surface area contributed by atoms with Crippen molar-refractivity contribution in [2.45, 2.75) is 37.0 Å². The SMILES string of the molecule is CSC1CCCC(NC(=O)c2c(O)cccc2F)C1. The van der Waals surface area contributed by atoms with Gasteiger partial charge in [-0.1, -0.05) is 12.5 Å². The third-order valence-corrected chi connectivity index (χ3v) is 4.61. The van der Waals surface area contributed by atoms with Crippen LogP contribution in [0.5, 0.6) is 5.75 Å². The quantitative estimate of drug-likeness (QED) is 0.896. The summed E-state index contributed by atoms with van der Waals surface area (Å²) in [6.45, 7) is 0.